The number of methoxy groups -OCH3 is 1. The number of rotatable bonds is 7. The topological polar surface area (TPSA) is 59.0 Å². The first-order valence-corrected chi connectivity index (χ1v) is 9.86. The Bertz CT molecular complexity index is 743. The maximum Gasteiger partial charge on any atom is 0.264 e. The maximum absolute atomic E-state index is 13.7. The molecule has 1 N–H and O–H groups in total. The lowest BCUT2D eigenvalue weighted by Gasteiger charge is -2.27. The van der Waals surface area contributed by atoms with E-state index in [1.807, 2.05) is 31.1 Å². The minimum Gasteiger partial charge on any atom is -0.496 e. The molecular formula is C19H26NO4P. The van der Waals surface area contributed by atoms with Gasteiger partial charge in [0, 0.05) is 30.7 Å². The molecule has 0 aliphatic carbocycles. The van der Waals surface area contributed by atoms with E-state index in [1.54, 1.807) is 50.2 Å². The summed E-state index contributed by atoms with van der Waals surface area (Å²) in [5.41, 5.74) is 1.43. The number of para-hydroxylation sites is 1. The van der Waals surface area contributed by atoms with Gasteiger partial charge in [0.1, 0.15) is 5.75 Å². The number of benzene rings is 2. The van der Waals surface area contributed by atoms with Crippen LogP contribution in [0.2, 0.25) is 0 Å². The van der Waals surface area contributed by atoms with Crippen molar-refractivity contribution in [3.63, 3.8) is 0 Å². The van der Waals surface area contributed by atoms with E-state index in [0.717, 1.165) is 5.69 Å². The molecule has 0 aromatic heterocycles. The highest BCUT2D eigenvalue weighted by molar-refractivity contribution is 7.67. The molecule has 6 heteroatoms. The van der Waals surface area contributed by atoms with E-state index >= 15 is 0 Å². The average Bonchev–Trinajstić information content (AvgIpc) is 2.60. The second kappa shape index (κ2) is 8.05. The van der Waals surface area contributed by atoms with Crippen LogP contribution in [0.3, 0.4) is 0 Å². The maximum atomic E-state index is 13.7. The molecule has 0 unspecified atom stereocenters. The number of hydrogen-bond acceptors (Lipinski definition) is 5. The van der Waals surface area contributed by atoms with Gasteiger partial charge in [0.25, 0.3) is 7.37 Å². The zero-order valence-electron chi connectivity index (χ0n) is 15.3. The summed E-state index contributed by atoms with van der Waals surface area (Å²) in [4.78, 5) is 1.95. The van der Waals surface area contributed by atoms with Gasteiger partial charge in [-0.3, -0.25) is 4.57 Å². The van der Waals surface area contributed by atoms with Crippen molar-refractivity contribution >= 4 is 18.4 Å². The van der Waals surface area contributed by atoms with Crippen molar-refractivity contribution in [1.29, 1.82) is 0 Å². The zero-order chi connectivity index (χ0) is 18.6. The van der Waals surface area contributed by atoms with Crippen molar-refractivity contribution in [1.82, 2.24) is 0 Å². The summed E-state index contributed by atoms with van der Waals surface area (Å²) in [6.45, 7) is 3.60. The molecule has 0 radical (unpaired) electrons. The van der Waals surface area contributed by atoms with Crippen molar-refractivity contribution in [2.75, 3.05) is 26.1 Å². The average molecular weight is 363 g/mol. The van der Waals surface area contributed by atoms with Gasteiger partial charge in [0.05, 0.1) is 13.2 Å². The summed E-state index contributed by atoms with van der Waals surface area (Å²) in [7, 11) is 1.81. The number of anilines is 1. The number of nitrogens with zero attached hydrogens (tertiary/aromatic N) is 1. The highest BCUT2D eigenvalue weighted by Crippen LogP contribution is 2.59. The summed E-state index contributed by atoms with van der Waals surface area (Å²) in [5.74, 6) is -0.830. The van der Waals surface area contributed by atoms with Crippen LogP contribution in [0, 0.1) is 0 Å². The summed E-state index contributed by atoms with van der Waals surface area (Å²) in [6.07, 6.45) is -0.302. The molecule has 0 amide bonds. The molecule has 2 aromatic rings. The molecule has 2 aromatic carbocycles. The van der Waals surface area contributed by atoms with Gasteiger partial charge in [-0.05, 0) is 44.2 Å². The van der Waals surface area contributed by atoms with E-state index in [-0.39, 0.29) is 6.10 Å². The van der Waals surface area contributed by atoms with Crippen molar-refractivity contribution in [3.8, 4) is 5.75 Å². The smallest absolute Gasteiger partial charge is 0.264 e. The quantitative estimate of drug-likeness (QED) is 0.759. The van der Waals surface area contributed by atoms with E-state index in [0.29, 0.717) is 16.6 Å². The molecule has 0 aliphatic rings. The third-order valence-electron chi connectivity index (χ3n) is 3.83. The zero-order valence-corrected chi connectivity index (χ0v) is 16.2. The van der Waals surface area contributed by atoms with Crippen LogP contribution in [-0.2, 0) is 9.09 Å². The molecule has 2 atom stereocenters. The molecule has 5 nitrogen and oxygen atoms in total. The molecule has 136 valence electrons. The van der Waals surface area contributed by atoms with Gasteiger partial charge in [0.2, 0.25) is 0 Å². The van der Waals surface area contributed by atoms with Gasteiger partial charge < -0.3 is 19.3 Å². The Balaban J connectivity index is 2.51. The normalized spacial score (nSPS) is 14.8. The Morgan fingerprint density at radius 3 is 2.16 bits per heavy atom. The predicted molar refractivity (Wildman–Crippen MR) is 102 cm³/mol. The van der Waals surface area contributed by atoms with E-state index < -0.39 is 13.2 Å². The Hall–Kier alpha value is -1.81. The molecule has 0 spiro atoms. The number of ether oxygens (including phenoxy) is 1. The van der Waals surface area contributed by atoms with E-state index in [2.05, 4.69) is 0 Å². The SMILES string of the molecule is COc1ccccc1[C@@H](O)[P@@](=O)(OC(C)C)c1ccc(N(C)C)cc1. The predicted octanol–water partition coefficient (Wildman–Crippen LogP) is 3.78. The second-order valence-electron chi connectivity index (χ2n) is 6.28. The fraction of sp³-hybridized carbons (Fsp3) is 0.368. The lowest BCUT2D eigenvalue weighted by atomic mass is 10.2. The first-order chi connectivity index (χ1) is 11.8. The molecule has 25 heavy (non-hydrogen) atoms. The number of aliphatic hydroxyl groups is 1. The van der Waals surface area contributed by atoms with Gasteiger partial charge in [-0.1, -0.05) is 18.2 Å². The van der Waals surface area contributed by atoms with Gasteiger partial charge in [0.15, 0.2) is 5.85 Å². The van der Waals surface area contributed by atoms with Crippen LogP contribution in [0.25, 0.3) is 0 Å². The molecule has 0 saturated carbocycles. The first kappa shape index (κ1) is 19.5. The molecule has 0 fully saturated rings. The lowest BCUT2D eigenvalue weighted by Crippen LogP contribution is -2.18. The summed E-state index contributed by atoms with van der Waals surface area (Å²) in [6, 6.07) is 14.2. The van der Waals surface area contributed by atoms with Gasteiger partial charge in [-0.25, -0.2) is 0 Å². The highest BCUT2D eigenvalue weighted by Gasteiger charge is 2.38. The highest BCUT2D eigenvalue weighted by atomic mass is 31.2. The van der Waals surface area contributed by atoms with Crippen LogP contribution >= 0.6 is 7.37 Å². The minimum atomic E-state index is -3.57. The van der Waals surface area contributed by atoms with E-state index in [9.17, 15) is 9.67 Å². The minimum absolute atomic E-state index is 0.302. The molecule has 2 rings (SSSR count). The monoisotopic (exact) mass is 363 g/mol. The Morgan fingerprint density at radius 2 is 1.64 bits per heavy atom. The molecule has 0 aliphatic heterocycles. The van der Waals surface area contributed by atoms with E-state index in [4.69, 9.17) is 9.26 Å². The van der Waals surface area contributed by atoms with Crippen LogP contribution in [0.4, 0.5) is 5.69 Å². The molecule has 0 heterocycles. The first-order valence-electron chi connectivity index (χ1n) is 8.16. The Kier molecular flexibility index (Phi) is 6.28. The lowest BCUT2D eigenvalue weighted by molar-refractivity contribution is 0.186. The fourth-order valence-corrected chi connectivity index (χ4v) is 4.88. The Labute approximate surface area is 149 Å². The van der Waals surface area contributed by atoms with Crippen molar-refractivity contribution < 1.29 is 18.9 Å². The third-order valence-corrected chi connectivity index (χ3v) is 6.51. The largest absolute Gasteiger partial charge is 0.496 e. The van der Waals surface area contributed by atoms with Crippen LogP contribution < -0.4 is 14.9 Å². The van der Waals surface area contributed by atoms with Crippen LogP contribution in [-0.4, -0.2) is 32.4 Å². The summed E-state index contributed by atoms with van der Waals surface area (Å²) < 4.78 is 24.8. The van der Waals surface area contributed by atoms with Crippen molar-refractivity contribution in [2.45, 2.75) is 25.8 Å². The summed E-state index contributed by atoms with van der Waals surface area (Å²) in [5, 5.41) is 11.4. The van der Waals surface area contributed by atoms with Crippen LogP contribution in [0.1, 0.15) is 25.3 Å². The van der Waals surface area contributed by atoms with Gasteiger partial charge >= 0.3 is 0 Å². The van der Waals surface area contributed by atoms with E-state index in [1.165, 1.54) is 7.11 Å². The standard InChI is InChI=1S/C19H26NO4P/c1-14(2)24-25(22,16-12-10-15(11-13-16)20(3)4)19(21)17-8-6-7-9-18(17)23-5/h6-14,19,21H,1-5H3/t19-,25-/m0/s1. The number of aliphatic hydroxyl groups excluding tert-OH is 1. The molecule has 0 saturated heterocycles. The van der Waals surface area contributed by atoms with Crippen molar-refractivity contribution in [3.05, 3.63) is 54.1 Å². The fourth-order valence-electron chi connectivity index (χ4n) is 2.59. The van der Waals surface area contributed by atoms with Gasteiger partial charge in [-0.15, -0.1) is 0 Å². The Morgan fingerprint density at radius 1 is 1.04 bits per heavy atom. The summed E-state index contributed by atoms with van der Waals surface area (Å²) >= 11 is 0. The third kappa shape index (κ3) is 4.24. The van der Waals surface area contributed by atoms with Crippen molar-refractivity contribution in [2.24, 2.45) is 0 Å². The number of hydrogen-bond donors (Lipinski definition) is 1. The van der Waals surface area contributed by atoms with Crippen LogP contribution in [0.15, 0.2) is 48.5 Å². The molecular weight excluding hydrogens is 337 g/mol. The van der Waals surface area contributed by atoms with Crippen LogP contribution in [0.5, 0.6) is 5.75 Å². The van der Waals surface area contributed by atoms with Gasteiger partial charge in [-0.2, -0.15) is 0 Å². The second-order valence-corrected chi connectivity index (χ2v) is 8.69. The molecule has 0 bridgehead atoms.